The van der Waals surface area contributed by atoms with Crippen molar-refractivity contribution < 1.29 is 9.50 Å². The van der Waals surface area contributed by atoms with Gasteiger partial charge in [-0.15, -0.1) is 0 Å². The molecule has 1 aromatic rings. The molecule has 1 rings (SSSR count). The van der Waals surface area contributed by atoms with Gasteiger partial charge in [0.25, 0.3) is 0 Å². The fourth-order valence-electron chi connectivity index (χ4n) is 1.70. The first-order valence-corrected chi connectivity index (χ1v) is 5.25. The maximum Gasteiger partial charge on any atom is 0.123 e. The zero-order chi connectivity index (χ0) is 12.3. The van der Waals surface area contributed by atoms with E-state index in [1.807, 2.05) is 18.9 Å². The van der Waals surface area contributed by atoms with Crippen molar-refractivity contribution in [2.75, 3.05) is 18.5 Å². The van der Waals surface area contributed by atoms with Gasteiger partial charge in [0.15, 0.2) is 0 Å². The van der Waals surface area contributed by atoms with E-state index in [0.29, 0.717) is 12.1 Å². The second kappa shape index (κ2) is 5.12. The zero-order valence-electron chi connectivity index (χ0n) is 10.00. The van der Waals surface area contributed by atoms with E-state index in [2.05, 4.69) is 6.58 Å². The van der Waals surface area contributed by atoms with E-state index in [1.165, 1.54) is 12.1 Å². The Balaban J connectivity index is 3.07. The lowest BCUT2D eigenvalue weighted by molar-refractivity contribution is 0.199. The SMILES string of the molecule is C=C(C)CN(C)c1ccc(F)cc1[C@@H](C)O. The van der Waals surface area contributed by atoms with Crippen LogP contribution in [-0.4, -0.2) is 18.7 Å². The molecule has 0 heterocycles. The first-order valence-electron chi connectivity index (χ1n) is 5.25. The first-order chi connectivity index (χ1) is 7.41. The number of likely N-dealkylation sites (N-methyl/N-ethyl adjacent to an activating group) is 1. The van der Waals surface area contributed by atoms with E-state index in [0.717, 1.165) is 11.3 Å². The van der Waals surface area contributed by atoms with Gasteiger partial charge >= 0.3 is 0 Å². The molecule has 3 heteroatoms. The highest BCUT2D eigenvalue weighted by molar-refractivity contribution is 5.54. The molecule has 0 unspecified atom stereocenters. The van der Waals surface area contributed by atoms with Crippen LogP contribution in [0.15, 0.2) is 30.4 Å². The molecule has 1 N–H and O–H groups in total. The van der Waals surface area contributed by atoms with Crippen molar-refractivity contribution in [3.8, 4) is 0 Å². The van der Waals surface area contributed by atoms with Crippen molar-refractivity contribution in [2.24, 2.45) is 0 Å². The number of hydrogen-bond donors (Lipinski definition) is 1. The molecule has 0 saturated heterocycles. The predicted octanol–water partition coefficient (Wildman–Crippen LogP) is 2.89. The Hall–Kier alpha value is -1.35. The third-order valence-electron chi connectivity index (χ3n) is 2.36. The molecule has 0 spiro atoms. The number of rotatable bonds is 4. The molecule has 1 aromatic carbocycles. The van der Waals surface area contributed by atoms with E-state index in [9.17, 15) is 9.50 Å². The highest BCUT2D eigenvalue weighted by atomic mass is 19.1. The van der Waals surface area contributed by atoms with Gasteiger partial charge in [-0.05, 0) is 32.0 Å². The Labute approximate surface area is 96.0 Å². The van der Waals surface area contributed by atoms with Gasteiger partial charge < -0.3 is 10.0 Å². The van der Waals surface area contributed by atoms with Gasteiger partial charge in [-0.25, -0.2) is 4.39 Å². The molecule has 88 valence electrons. The van der Waals surface area contributed by atoms with Crippen LogP contribution in [0.4, 0.5) is 10.1 Å². The summed E-state index contributed by atoms with van der Waals surface area (Å²) in [5, 5.41) is 9.60. The Morgan fingerprint density at radius 3 is 2.69 bits per heavy atom. The third kappa shape index (κ3) is 3.07. The molecular formula is C13H18FNO. The van der Waals surface area contributed by atoms with E-state index in [1.54, 1.807) is 13.0 Å². The minimum absolute atomic E-state index is 0.330. The van der Waals surface area contributed by atoms with Crippen LogP contribution in [0.5, 0.6) is 0 Å². The topological polar surface area (TPSA) is 23.5 Å². The molecule has 0 aliphatic rings. The Bertz CT molecular complexity index is 388. The van der Waals surface area contributed by atoms with Gasteiger partial charge in [0.2, 0.25) is 0 Å². The standard InChI is InChI=1S/C13H18FNO/c1-9(2)8-15(4)13-6-5-11(14)7-12(13)10(3)16/h5-7,10,16H,1,8H2,2-4H3/t10-/m1/s1. The zero-order valence-corrected chi connectivity index (χ0v) is 10.00. The number of benzene rings is 1. The molecule has 0 radical (unpaired) electrons. The van der Waals surface area contributed by atoms with E-state index < -0.39 is 6.10 Å². The molecule has 1 atom stereocenters. The Kier molecular flexibility index (Phi) is 4.07. The van der Waals surface area contributed by atoms with Crippen LogP contribution in [-0.2, 0) is 0 Å². The Morgan fingerprint density at radius 2 is 2.19 bits per heavy atom. The second-order valence-corrected chi connectivity index (χ2v) is 4.19. The summed E-state index contributed by atoms with van der Waals surface area (Å²) in [6.45, 7) is 8.08. The van der Waals surface area contributed by atoms with Crippen molar-refractivity contribution in [1.82, 2.24) is 0 Å². The average Bonchev–Trinajstić information content (AvgIpc) is 2.16. The largest absolute Gasteiger partial charge is 0.389 e. The highest BCUT2D eigenvalue weighted by Gasteiger charge is 2.12. The van der Waals surface area contributed by atoms with Crippen molar-refractivity contribution >= 4 is 5.69 Å². The van der Waals surface area contributed by atoms with Gasteiger partial charge in [0.05, 0.1) is 6.10 Å². The average molecular weight is 223 g/mol. The van der Waals surface area contributed by atoms with E-state index >= 15 is 0 Å². The highest BCUT2D eigenvalue weighted by Crippen LogP contribution is 2.26. The molecule has 0 fully saturated rings. The maximum atomic E-state index is 13.1. The summed E-state index contributed by atoms with van der Waals surface area (Å²) in [7, 11) is 1.90. The van der Waals surface area contributed by atoms with E-state index in [4.69, 9.17) is 0 Å². The van der Waals surface area contributed by atoms with Crippen LogP contribution in [0.3, 0.4) is 0 Å². The minimum atomic E-state index is -0.682. The molecule has 2 nitrogen and oxygen atoms in total. The molecular weight excluding hydrogens is 205 g/mol. The fourth-order valence-corrected chi connectivity index (χ4v) is 1.70. The van der Waals surface area contributed by atoms with Crippen molar-refractivity contribution in [3.05, 3.63) is 41.7 Å². The summed E-state index contributed by atoms with van der Waals surface area (Å²) in [6, 6.07) is 4.45. The van der Waals surface area contributed by atoms with Crippen LogP contribution >= 0.6 is 0 Å². The summed E-state index contributed by atoms with van der Waals surface area (Å²) in [5.41, 5.74) is 2.45. The first kappa shape index (κ1) is 12.7. The molecule has 0 saturated carbocycles. The molecule has 16 heavy (non-hydrogen) atoms. The Morgan fingerprint density at radius 1 is 1.56 bits per heavy atom. The summed E-state index contributed by atoms with van der Waals surface area (Å²) >= 11 is 0. The van der Waals surface area contributed by atoms with Gasteiger partial charge in [-0.2, -0.15) is 0 Å². The monoisotopic (exact) mass is 223 g/mol. The summed E-state index contributed by atoms with van der Waals surface area (Å²) in [4.78, 5) is 1.95. The van der Waals surface area contributed by atoms with Gasteiger partial charge in [-0.3, -0.25) is 0 Å². The number of nitrogens with zero attached hydrogens (tertiary/aromatic N) is 1. The number of anilines is 1. The number of halogens is 1. The van der Waals surface area contributed by atoms with E-state index in [-0.39, 0.29) is 5.82 Å². The predicted molar refractivity (Wildman–Crippen MR) is 65.1 cm³/mol. The number of aliphatic hydroxyl groups is 1. The fraction of sp³-hybridized carbons (Fsp3) is 0.385. The summed E-state index contributed by atoms with van der Waals surface area (Å²) in [6.07, 6.45) is -0.682. The van der Waals surface area contributed by atoms with Crippen LogP contribution in [0, 0.1) is 5.82 Å². The van der Waals surface area contributed by atoms with Crippen LogP contribution in [0.1, 0.15) is 25.5 Å². The lowest BCUT2D eigenvalue weighted by atomic mass is 10.1. The lowest BCUT2D eigenvalue weighted by Crippen LogP contribution is -2.21. The molecule has 0 bridgehead atoms. The van der Waals surface area contributed by atoms with Crippen LogP contribution in [0.2, 0.25) is 0 Å². The van der Waals surface area contributed by atoms with Crippen molar-refractivity contribution in [3.63, 3.8) is 0 Å². The summed E-state index contributed by atoms with van der Waals surface area (Å²) < 4.78 is 13.1. The number of aliphatic hydroxyl groups excluding tert-OH is 1. The molecule has 0 aliphatic heterocycles. The third-order valence-corrected chi connectivity index (χ3v) is 2.36. The minimum Gasteiger partial charge on any atom is -0.389 e. The van der Waals surface area contributed by atoms with Crippen LogP contribution < -0.4 is 4.90 Å². The molecule has 0 aliphatic carbocycles. The quantitative estimate of drug-likeness (QED) is 0.793. The number of hydrogen-bond acceptors (Lipinski definition) is 2. The van der Waals surface area contributed by atoms with Gasteiger partial charge in [0, 0.05) is 24.8 Å². The maximum absolute atomic E-state index is 13.1. The second-order valence-electron chi connectivity index (χ2n) is 4.19. The normalized spacial score (nSPS) is 12.3. The smallest absolute Gasteiger partial charge is 0.123 e. The summed E-state index contributed by atoms with van der Waals surface area (Å²) in [5.74, 6) is -0.330. The van der Waals surface area contributed by atoms with Crippen LogP contribution in [0.25, 0.3) is 0 Å². The molecule has 0 amide bonds. The van der Waals surface area contributed by atoms with Crippen molar-refractivity contribution in [2.45, 2.75) is 20.0 Å². The lowest BCUT2D eigenvalue weighted by Gasteiger charge is -2.23. The van der Waals surface area contributed by atoms with Gasteiger partial charge in [0.1, 0.15) is 5.82 Å². The molecule has 0 aromatic heterocycles. The van der Waals surface area contributed by atoms with Gasteiger partial charge in [-0.1, -0.05) is 12.2 Å². The van der Waals surface area contributed by atoms with Crippen molar-refractivity contribution in [1.29, 1.82) is 0 Å².